The topological polar surface area (TPSA) is 21.3 Å². The third-order valence-corrected chi connectivity index (χ3v) is 4.49. The smallest absolute Gasteiger partial charge is 0.261 e. The fourth-order valence-electron chi connectivity index (χ4n) is 2.42. The summed E-state index contributed by atoms with van der Waals surface area (Å²) in [6.45, 7) is 2.04. The standard InChI is InChI=1S/C17H17NOS2/c1-12-10-14-11-13(4-2-5-15-6-3-9-21-15)7-8-16(14)18-17(20)19-12/h2-4,6-9,11-12H,5,10H2,1H3,(H,18,20)/b4-2+. The quantitative estimate of drug-likeness (QED) is 0.832. The molecule has 1 aromatic carbocycles. The molecule has 1 aliphatic rings. The first kappa shape index (κ1) is 14.3. The van der Waals surface area contributed by atoms with Gasteiger partial charge in [-0.25, -0.2) is 0 Å². The van der Waals surface area contributed by atoms with Crippen molar-refractivity contribution in [3.63, 3.8) is 0 Å². The lowest BCUT2D eigenvalue weighted by molar-refractivity contribution is 0.217. The van der Waals surface area contributed by atoms with E-state index in [4.69, 9.17) is 17.0 Å². The second-order valence-corrected chi connectivity index (χ2v) is 6.55. The van der Waals surface area contributed by atoms with Gasteiger partial charge in [0.25, 0.3) is 5.17 Å². The van der Waals surface area contributed by atoms with E-state index in [1.54, 1.807) is 11.3 Å². The van der Waals surface area contributed by atoms with E-state index in [2.05, 4.69) is 53.2 Å². The fraction of sp³-hybridized carbons (Fsp3) is 0.235. The molecule has 2 heterocycles. The maximum atomic E-state index is 5.57. The second-order valence-electron chi connectivity index (χ2n) is 5.15. The summed E-state index contributed by atoms with van der Waals surface area (Å²) in [5, 5.41) is 5.72. The van der Waals surface area contributed by atoms with Gasteiger partial charge in [0.1, 0.15) is 6.10 Å². The van der Waals surface area contributed by atoms with Gasteiger partial charge in [-0.1, -0.05) is 24.3 Å². The molecule has 0 amide bonds. The molecule has 1 unspecified atom stereocenters. The minimum atomic E-state index is 0.108. The highest BCUT2D eigenvalue weighted by Crippen LogP contribution is 2.24. The summed E-state index contributed by atoms with van der Waals surface area (Å²) in [7, 11) is 0. The molecule has 1 aromatic heterocycles. The number of fused-ring (bicyclic) bond motifs is 1. The van der Waals surface area contributed by atoms with Gasteiger partial charge in [0, 0.05) is 23.4 Å². The Hall–Kier alpha value is -1.65. The van der Waals surface area contributed by atoms with Crippen LogP contribution in [-0.4, -0.2) is 11.3 Å². The zero-order valence-corrected chi connectivity index (χ0v) is 13.5. The zero-order valence-electron chi connectivity index (χ0n) is 11.8. The van der Waals surface area contributed by atoms with Crippen LogP contribution in [0.3, 0.4) is 0 Å². The van der Waals surface area contributed by atoms with Gasteiger partial charge in [0.15, 0.2) is 0 Å². The molecule has 108 valence electrons. The van der Waals surface area contributed by atoms with Crippen LogP contribution < -0.4 is 5.32 Å². The van der Waals surface area contributed by atoms with E-state index in [1.807, 2.05) is 6.92 Å². The van der Waals surface area contributed by atoms with Crippen LogP contribution in [-0.2, 0) is 17.6 Å². The lowest BCUT2D eigenvalue weighted by Gasteiger charge is -2.09. The first-order chi connectivity index (χ1) is 10.2. The Labute approximate surface area is 134 Å². The van der Waals surface area contributed by atoms with Gasteiger partial charge >= 0.3 is 0 Å². The average molecular weight is 315 g/mol. The highest BCUT2D eigenvalue weighted by Gasteiger charge is 2.16. The van der Waals surface area contributed by atoms with Crippen LogP contribution in [0.15, 0.2) is 41.8 Å². The molecular formula is C17H17NOS2. The van der Waals surface area contributed by atoms with Crippen molar-refractivity contribution in [2.24, 2.45) is 0 Å². The molecule has 0 aliphatic carbocycles. The molecule has 0 saturated carbocycles. The number of nitrogens with one attached hydrogen (secondary N) is 1. The summed E-state index contributed by atoms with van der Waals surface area (Å²) in [6, 6.07) is 10.6. The summed E-state index contributed by atoms with van der Waals surface area (Å²) >= 11 is 6.94. The summed E-state index contributed by atoms with van der Waals surface area (Å²) in [6.07, 6.45) is 6.35. The van der Waals surface area contributed by atoms with E-state index in [1.165, 1.54) is 16.0 Å². The third-order valence-electron chi connectivity index (χ3n) is 3.39. The molecule has 2 aromatic rings. The van der Waals surface area contributed by atoms with Crippen LogP contribution in [0.1, 0.15) is 22.9 Å². The monoisotopic (exact) mass is 315 g/mol. The molecule has 4 heteroatoms. The average Bonchev–Trinajstić information content (AvgIpc) is 2.89. The van der Waals surface area contributed by atoms with Crippen molar-refractivity contribution in [3.8, 4) is 0 Å². The van der Waals surface area contributed by atoms with Gasteiger partial charge in [-0.15, -0.1) is 11.3 Å². The number of anilines is 1. The number of benzene rings is 1. The molecule has 21 heavy (non-hydrogen) atoms. The predicted octanol–water partition coefficient (Wildman–Crippen LogP) is 4.66. The van der Waals surface area contributed by atoms with E-state index < -0.39 is 0 Å². The highest BCUT2D eigenvalue weighted by atomic mass is 32.1. The molecule has 3 rings (SSSR count). The highest BCUT2D eigenvalue weighted by molar-refractivity contribution is 7.80. The van der Waals surface area contributed by atoms with Crippen LogP contribution in [0.2, 0.25) is 0 Å². The maximum Gasteiger partial charge on any atom is 0.261 e. The van der Waals surface area contributed by atoms with Crippen LogP contribution in [0, 0.1) is 0 Å². The van der Waals surface area contributed by atoms with Crippen molar-refractivity contribution in [2.45, 2.75) is 25.9 Å². The Bertz CT molecular complexity index is 661. The van der Waals surface area contributed by atoms with Crippen molar-refractivity contribution in [1.29, 1.82) is 0 Å². The molecule has 0 spiro atoms. The second kappa shape index (κ2) is 6.41. The maximum absolute atomic E-state index is 5.57. The van der Waals surface area contributed by atoms with Crippen molar-refractivity contribution in [3.05, 3.63) is 57.8 Å². The Kier molecular flexibility index (Phi) is 4.36. The Morgan fingerprint density at radius 2 is 2.33 bits per heavy atom. The molecule has 0 saturated heterocycles. The molecule has 1 N–H and O–H groups in total. The molecule has 1 atom stereocenters. The molecule has 0 radical (unpaired) electrons. The van der Waals surface area contributed by atoms with E-state index in [0.29, 0.717) is 5.17 Å². The molecule has 2 nitrogen and oxygen atoms in total. The van der Waals surface area contributed by atoms with Crippen molar-refractivity contribution >= 4 is 40.5 Å². The molecule has 0 fully saturated rings. The Morgan fingerprint density at radius 1 is 1.43 bits per heavy atom. The first-order valence-corrected chi connectivity index (χ1v) is 8.29. The van der Waals surface area contributed by atoms with Crippen molar-refractivity contribution < 1.29 is 4.74 Å². The summed E-state index contributed by atoms with van der Waals surface area (Å²) in [4.78, 5) is 1.38. The third kappa shape index (κ3) is 3.71. The number of thiophene rings is 1. The van der Waals surface area contributed by atoms with Gasteiger partial charge in [0.05, 0.1) is 0 Å². The van der Waals surface area contributed by atoms with Gasteiger partial charge in [0.2, 0.25) is 0 Å². The largest absolute Gasteiger partial charge is 0.467 e. The van der Waals surface area contributed by atoms with Gasteiger partial charge < -0.3 is 10.1 Å². The number of allylic oxidation sites excluding steroid dienone is 1. The van der Waals surface area contributed by atoms with E-state index >= 15 is 0 Å². The van der Waals surface area contributed by atoms with Crippen molar-refractivity contribution in [1.82, 2.24) is 0 Å². The van der Waals surface area contributed by atoms with Crippen LogP contribution in [0.4, 0.5) is 5.69 Å². The lowest BCUT2D eigenvalue weighted by atomic mass is 10.0. The van der Waals surface area contributed by atoms with Crippen molar-refractivity contribution in [2.75, 3.05) is 5.32 Å². The Morgan fingerprint density at radius 3 is 3.14 bits per heavy atom. The fourth-order valence-corrected chi connectivity index (χ4v) is 3.38. The molecular weight excluding hydrogens is 298 g/mol. The van der Waals surface area contributed by atoms with Crippen LogP contribution in [0.25, 0.3) is 6.08 Å². The number of thiocarbonyl (C=S) groups is 1. The normalized spacial score (nSPS) is 18.0. The van der Waals surface area contributed by atoms with Crippen LogP contribution in [0.5, 0.6) is 0 Å². The Balaban J connectivity index is 1.76. The number of hydrogen-bond acceptors (Lipinski definition) is 3. The van der Waals surface area contributed by atoms with E-state index in [0.717, 1.165) is 18.5 Å². The summed E-state index contributed by atoms with van der Waals surface area (Å²) in [5.74, 6) is 0. The first-order valence-electron chi connectivity index (χ1n) is 7.00. The zero-order chi connectivity index (χ0) is 14.7. The van der Waals surface area contributed by atoms with Gasteiger partial charge in [-0.2, -0.15) is 0 Å². The SMILES string of the molecule is CC1Cc2cc(/C=C/Cc3cccs3)ccc2NC(=S)O1. The van der Waals surface area contributed by atoms with Crippen LogP contribution >= 0.6 is 23.6 Å². The minimum Gasteiger partial charge on any atom is -0.467 e. The summed E-state index contributed by atoms with van der Waals surface area (Å²) < 4.78 is 5.57. The predicted molar refractivity (Wildman–Crippen MR) is 94.0 cm³/mol. The van der Waals surface area contributed by atoms with Gasteiger partial charge in [-0.05, 0) is 53.8 Å². The molecule has 1 aliphatic heterocycles. The van der Waals surface area contributed by atoms with E-state index in [-0.39, 0.29) is 6.10 Å². The number of hydrogen-bond donors (Lipinski definition) is 1. The number of ether oxygens (including phenoxy) is 1. The number of rotatable bonds is 3. The minimum absolute atomic E-state index is 0.108. The lowest BCUT2D eigenvalue weighted by Crippen LogP contribution is -2.16. The van der Waals surface area contributed by atoms with Gasteiger partial charge in [-0.3, -0.25) is 0 Å². The van der Waals surface area contributed by atoms with E-state index in [9.17, 15) is 0 Å². The summed E-state index contributed by atoms with van der Waals surface area (Å²) in [5.41, 5.74) is 3.52. The molecule has 0 bridgehead atoms.